The van der Waals surface area contributed by atoms with E-state index in [0.717, 1.165) is 5.56 Å². The van der Waals surface area contributed by atoms with E-state index in [0.29, 0.717) is 5.56 Å². The van der Waals surface area contributed by atoms with Crippen molar-refractivity contribution in [3.8, 4) is 0 Å². The van der Waals surface area contributed by atoms with E-state index in [1.54, 1.807) is 13.8 Å². The average molecular weight is 500 g/mol. The zero-order chi connectivity index (χ0) is 26.7. The van der Waals surface area contributed by atoms with Crippen LogP contribution >= 0.6 is 0 Å². The zero-order valence-electron chi connectivity index (χ0n) is 20.0. The van der Waals surface area contributed by atoms with Crippen molar-refractivity contribution in [3.05, 3.63) is 75.8 Å². The predicted molar refractivity (Wildman–Crippen MR) is 129 cm³/mol. The van der Waals surface area contributed by atoms with Crippen LogP contribution in [0.2, 0.25) is 0 Å². The molecule has 0 aliphatic heterocycles. The number of nitro benzene ring substituents is 1. The molecule has 3 atom stereocenters. The number of rotatable bonds is 13. The zero-order valence-corrected chi connectivity index (χ0v) is 20.0. The standard InChI is InChI=1S/C25H29N3O8/c1-3-36-23(31)15-20(18-9-11-19(12-10-18)28(34)35)24(25(32)33)27-22(30)14-13-21(29)26-16(2)17-7-5-4-6-8-17/h4-12,16,20,24H,3,13-15H2,1-2H3,(H,26,29)(H,27,30)(H,32,33)/t16-,20-,24-/m1/s1. The molecule has 2 aromatic rings. The second-order valence-corrected chi connectivity index (χ2v) is 8.05. The number of nitrogens with zero attached hydrogens (tertiary/aromatic N) is 1. The molecule has 0 spiro atoms. The maximum absolute atomic E-state index is 12.5. The van der Waals surface area contributed by atoms with Crippen molar-refractivity contribution in [3.63, 3.8) is 0 Å². The summed E-state index contributed by atoms with van der Waals surface area (Å²) in [6, 6.07) is 12.5. The van der Waals surface area contributed by atoms with Gasteiger partial charge in [-0.25, -0.2) is 4.79 Å². The molecular weight excluding hydrogens is 470 g/mol. The van der Waals surface area contributed by atoms with Crippen molar-refractivity contribution in [2.45, 2.75) is 51.1 Å². The number of carboxylic acids is 1. The SMILES string of the molecule is CCOC(=O)C[C@H](c1ccc([N+](=O)[O-])cc1)[C@@H](NC(=O)CCC(=O)N[C@H](C)c1ccccc1)C(=O)O. The summed E-state index contributed by atoms with van der Waals surface area (Å²) in [6.07, 6.45) is -0.823. The van der Waals surface area contributed by atoms with Gasteiger partial charge in [0.25, 0.3) is 5.69 Å². The van der Waals surface area contributed by atoms with Crippen molar-refractivity contribution < 1.29 is 33.9 Å². The van der Waals surface area contributed by atoms with Gasteiger partial charge in [-0.2, -0.15) is 0 Å². The normalized spacial score (nSPS) is 13.1. The average Bonchev–Trinajstić information content (AvgIpc) is 2.85. The van der Waals surface area contributed by atoms with Crippen molar-refractivity contribution >= 4 is 29.4 Å². The fourth-order valence-electron chi connectivity index (χ4n) is 3.62. The van der Waals surface area contributed by atoms with Gasteiger partial charge >= 0.3 is 11.9 Å². The summed E-state index contributed by atoms with van der Waals surface area (Å²) in [5.74, 6) is -4.22. The van der Waals surface area contributed by atoms with E-state index in [1.165, 1.54) is 24.3 Å². The molecule has 0 unspecified atom stereocenters. The lowest BCUT2D eigenvalue weighted by molar-refractivity contribution is -0.384. The van der Waals surface area contributed by atoms with Crippen LogP contribution in [0.3, 0.4) is 0 Å². The molecule has 0 saturated carbocycles. The number of esters is 1. The molecule has 11 heteroatoms. The fraction of sp³-hybridized carbons (Fsp3) is 0.360. The van der Waals surface area contributed by atoms with Gasteiger partial charge in [0, 0.05) is 30.9 Å². The Morgan fingerprint density at radius 2 is 1.53 bits per heavy atom. The van der Waals surface area contributed by atoms with Crippen molar-refractivity contribution in [2.75, 3.05) is 6.61 Å². The highest BCUT2D eigenvalue weighted by Gasteiger charge is 2.33. The molecular formula is C25H29N3O8. The van der Waals surface area contributed by atoms with Gasteiger partial charge in [0.2, 0.25) is 11.8 Å². The van der Waals surface area contributed by atoms with E-state index in [2.05, 4.69) is 10.6 Å². The molecule has 0 bridgehead atoms. The molecule has 36 heavy (non-hydrogen) atoms. The minimum Gasteiger partial charge on any atom is -0.480 e. The van der Waals surface area contributed by atoms with Crippen LogP contribution in [0.5, 0.6) is 0 Å². The van der Waals surface area contributed by atoms with E-state index < -0.39 is 34.7 Å². The maximum Gasteiger partial charge on any atom is 0.326 e. The number of nitrogens with one attached hydrogen (secondary N) is 2. The van der Waals surface area contributed by atoms with Gasteiger partial charge in [0.05, 0.1) is 24.0 Å². The van der Waals surface area contributed by atoms with E-state index in [1.807, 2.05) is 30.3 Å². The van der Waals surface area contributed by atoms with Crippen LogP contribution in [-0.2, 0) is 23.9 Å². The van der Waals surface area contributed by atoms with Crippen molar-refractivity contribution in [2.24, 2.45) is 0 Å². The number of carboxylic acid groups (broad SMARTS) is 1. The topological polar surface area (TPSA) is 165 Å². The first-order valence-electron chi connectivity index (χ1n) is 11.4. The van der Waals surface area contributed by atoms with Crippen molar-refractivity contribution in [1.82, 2.24) is 10.6 Å². The minimum atomic E-state index is -1.53. The van der Waals surface area contributed by atoms with E-state index in [4.69, 9.17) is 4.74 Å². The Kier molecular flexibility index (Phi) is 10.5. The fourth-order valence-corrected chi connectivity index (χ4v) is 3.62. The number of hydrogen-bond donors (Lipinski definition) is 3. The summed E-state index contributed by atoms with van der Waals surface area (Å²) in [5.41, 5.74) is 0.988. The third-order valence-electron chi connectivity index (χ3n) is 5.47. The van der Waals surface area contributed by atoms with Gasteiger partial charge in [-0.15, -0.1) is 0 Å². The lowest BCUT2D eigenvalue weighted by Crippen LogP contribution is -2.46. The number of benzene rings is 2. The maximum atomic E-state index is 12.5. The second-order valence-electron chi connectivity index (χ2n) is 8.05. The van der Waals surface area contributed by atoms with Gasteiger partial charge < -0.3 is 20.5 Å². The van der Waals surface area contributed by atoms with Crippen LogP contribution in [0, 0.1) is 10.1 Å². The van der Waals surface area contributed by atoms with E-state index >= 15 is 0 Å². The molecule has 3 N–H and O–H groups in total. The molecule has 0 fully saturated rings. The lowest BCUT2D eigenvalue weighted by atomic mass is 9.88. The Labute approximate surface area is 208 Å². The second kappa shape index (κ2) is 13.6. The van der Waals surface area contributed by atoms with Crippen LogP contribution < -0.4 is 10.6 Å². The Bertz CT molecular complexity index is 1070. The molecule has 192 valence electrons. The molecule has 2 aromatic carbocycles. The number of non-ortho nitro benzene ring substituents is 1. The largest absolute Gasteiger partial charge is 0.480 e. The van der Waals surface area contributed by atoms with Crippen LogP contribution in [0.25, 0.3) is 0 Å². The Morgan fingerprint density at radius 1 is 0.944 bits per heavy atom. The first-order chi connectivity index (χ1) is 17.1. The summed E-state index contributed by atoms with van der Waals surface area (Å²) < 4.78 is 4.94. The molecule has 0 radical (unpaired) electrons. The number of aliphatic carboxylic acids is 1. The van der Waals surface area contributed by atoms with Gasteiger partial charge in [-0.05, 0) is 25.0 Å². The summed E-state index contributed by atoms with van der Waals surface area (Å²) >= 11 is 0. The number of hydrogen-bond acceptors (Lipinski definition) is 7. The number of ether oxygens (including phenoxy) is 1. The van der Waals surface area contributed by atoms with Gasteiger partial charge in [-0.1, -0.05) is 42.5 Å². The molecule has 0 heterocycles. The Hall–Kier alpha value is -4.28. The van der Waals surface area contributed by atoms with Crippen LogP contribution in [0.15, 0.2) is 54.6 Å². The highest BCUT2D eigenvalue weighted by molar-refractivity contribution is 5.88. The molecule has 0 saturated heterocycles. The molecule has 2 amide bonds. The summed E-state index contributed by atoms with van der Waals surface area (Å²) in [4.78, 5) is 59.4. The minimum absolute atomic E-state index is 0.0758. The Morgan fingerprint density at radius 3 is 2.06 bits per heavy atom. The smallest absolute Gasteiger partial charge is 0.326 e. The van der Waals surface area contributed by atoms with Gasteiger partial charge in [0.15, 0.2) is 0 Å². The first kappa shape index (κ1) is 28.0. The Balaban J connectivity index is 2.09. The number of nitro groups is 1. The van der Waals surface area contributed by atoms with Crippen LogP contribution in [0.1, 0.15) is 56.2 Å². The predicted octanol–water partition coefficient (Wildman–Crippen LogP) is 2.86. The molecule has 0 aliphatic carbocycles. The third kappa shape index (κ3) is 8.49. The van der Waals surface area contributed by atoms with E-state index in [-0.39, 0.29) is 43.5 Å². The monoisotopic (exact) mass is 499 g/mol. The first-order valence-corrected chi connectivity index (χ1v) is 11.4. The highest BCUT2D eigenvalue weighted by Crippen LogP contribution is 2.27. The third-order valence-corrected chi connectivity index (χ3v) is 5.47. The number of amides is 2. The van der Waals surface area contributed by atoms with E-state index in [9.17, 15) is 34.4 Å². The summed E-state index contributed by atoms with van der Waals surface area (Å²) in [6.45, 7) is 3.48. The van der Waals surface area contributed by atoms with Gasteiger partial charge in [-0.3, -0.25) is 24.5 Å². The quantitative estimate of drug-likeness (QED) is 0.215. The van der Waals surface area contributed by atoms with Crippen LogP contribution in [0.4, 0.5) is 5.69 Å². The number of carbonyl (C=O) groups is 4. The molecule has 0 aromatic heterocycles. The lowest BCUT2D eigenvalue weighted by Gasteiger charge is -2.25. The molecule has 0 aliphatic rings. The summed E-state index contributed by atoms with van der Waals surface area (Å²) in [5, 5.41) is 25.9. The summed E-state index contributed by atoms with van der Waals surface area (Å²) in [7, 11) is 0. The van der Waals surface area contributed by atoms with Crippen LogP contribution in [-0.4, -0.2) is 46.4 Å². The number of carbonyl (C=O) groups excluding carboxylic acids is 3. The highest BCUT2D eigenvalue weighted by atomic mass is 16.6. The molecule has 11 nitrogen and oxygen atoms in total. The van der Waals surface area contributed by atoms with Gasteiger partial charge in [0.1, 0.15) is 6.04 Å². The van der Waals surface area contributed by atoms with Crippen molar-refractivity contribution in [1.29, 1.82) is 0 Å². The molecule has 2 rings (SSSR count).